The van der Waals surface area contributed by atoms with E-state index in [-0.39, 0.29) is 11.2 Å². The molecule has 0 unspecified atom stereocenters. The van der Waals surface area contributed by atoms with Crippen molar-refractivity contribution in [3.63, 3.8) is 0 Å². The monoisotopic (exact) mass is 274 g/mol. The van der Waals surface area contributed by atoms with Gasteiger partial charge in [0.15, 0.2) is 5.58 Å². The SMILES string of the molecule is CC1(C)C[C@H](NCc2nc3ccccc3o2)C(C)(C)O1. The van der Waals surface area contributed by atoms with Gasteiger partial charge in [0.05, 0.1) is 17.7 Å². The van der Waals surface area contributed by atoms with E-state index in [4.69, 9.17) is 9.15 Å². The second kappa shape index (κ2) is 4.57. The van der Waals surface area contributed by atoms with Gasteiger partial charge in [-0.15, -0.1) is 0 Å². The van der Waals surface area contributed by atoms with E-state index in [0.29, 0.717) is 12.6 Å². The van der Waals surface area contributed by atoms with Crippen LogP contribution in [0.5, 0.6) is 0 Å². The zero-order valence-corrected chi connectivity index (χ0v) is 12.6. The third-order valence-electron chi connectivity index (χ3n) is 3.91. The Morgan fingerprint density at radius 3 is 2.65 bits per heavy atom. The summed E-state index contributed by atoms with van der Waals surface area (Å²) in [6.45, 7) is 9.16. The second-order valence-corrected chi connectivity index (χ2v) is 6.68. The Morgan fingerprint density at radius 2 is 2.00 bits per heavy atom. The molecule has 2 heterocycles. The van der Waals surface area contributed by atoms with Crippen molar-refractivity contribution in [2.45, 2.75) is 57.9 Å². The first-order valence-corrected chi connectivity index (χ1v) is 7.14. The number of nitrogens with zero attached hydrogens (tertiary/aromatic N) is 1. The van der Waals surface area contributed by atoms with Crippen LogP contribution < -0.4 is 5.32 Å². The van der Waals surface area contributed by atoms with Gasteiger partial charge >= 0.3 is 0 Å². The number of fused-ring (bicyclic) bond motifs is 1. The van der Waals surface area contributed by atoms with Gasteiger partial charge in [0.25, 0.3) is 0 Å². The molecule has 1 aliphatic heterocycles. The molecule has 108 valence electrons. The smallest absolute Gasteiger partial charge is 0.209 e. The van der Waals surface area contributed by atoms with Crippen LogP contribution in [0.15, 0.2) is 28.7 Å². The Balaban J connectivity index is 1.70. The van der Waals surface area contributed by atoms with Crippen LogP contribution in [-0.2, 0) is 11.3 Å². The van der Waals surface area contributed by atoms with E-state index in [1.807, 2.05) is 24.3 Å². The fourth-order valence-corrected chi connectivity index (χ4v) is 3.09. The molecule has 1 N–H and O–H groups in total. The minimum atomic E-state index is -0.171. The summed E-state index contributed by atoms with van der Waals surface area (Å²) < 4.78 is 11.8. The van der Waals surface area contributed by atoms with Crippen LogP contribution in [0, 0.1) is 0 Å². The first-order valence-electron chi connectivity index (χ1n) is 7.14. The molecule has 0 aliphatic carbocycles. The van der Waals surface area contributed by atoms with Crippen LogP contribution >= 0.6 is 0 Å². The van der Waals surface area contributed by atoms with Gasteiger partial charge in [-0.25, -0.2) is 4.98 Å². The fraction of sp³-hybridized carbons (Fsp3) is 0.562. The van der Waals surface area contributed by atoms with Gasteiger partial charge in [-0.05, 0) is 46.2 Å². The van der Waals surface area contributed by atoms with Gasteiger partial charge in [-0.3, -0.25) is 0 Å². The number of rotatable bonds is 3. The molecule has 0 radical (unpaired) electrons. The summed E-state index contributed by atoms with van der Waals surface area (Å²) in [5, 5.41) is 3.52. The van der Waals surface area contributed by atoms with E-state index in [1.54, 1.807) is 0 Å². The maximum atomic E-state index is 6.08. The molecule has 4 nitrogen and oxygen atoms in total. The molecule has 1 aromatic carbocycles. The average Bonchev–Trinajstić information content (AvgIpc) is 2.83. The molecular formula is C16H22N2O2. The maximum absolute atomic E-state index is 6.08. The van der Waals surface area contributed by atoms with E-state index in [9.17, 15) is 0 Å². The summed E-state index contributed by atoms with van der Waals surface area (Å²) in [5.74, 6) is 0.728. The van der Waals surface area contributed by atoms with Crippen molar-refractivity contribution in [1.29, 1.82) is 0 Å². The molecule has 3 rings (SSSR count). The maximum Gasteiger partial charge on any atom is 0.209 e. The van der Waals surface area contributed by atoms with Gasteiger partial charge in [0, 0.05) is 6.04 Å². The highest BCUT2D eigenvalue weighted by Gasteiger charge is 2.45. The van der Waals surface area contributed by atoms with Crippen molar-refractivity contribution in [2.75, 3.05) is 0 Å². The molecule has 2 aromatic rings. The largest absolute Gasteiger partial charge is 0.439 e. The number of hydrogen-bond donors (Lipinski definition) is 1. The highest BCUT2D eigenvalue weighted by molar-refractivity contribution is 5.72. The highest BCUT2D eigenvalue weighted by Crippen LogP contribution is 2.37. The van der Waals surface area contributed by atoms with E-state index < -0.39 is 0 Å². The third kappa shape index (κ3) is 2.58. The molecule has 1 aliphatic rings. The molecule has 1 saturated heterocycles. The lowest BCUT2D eigenvalue weighted by Crippen LogP contribution is -2.42. The lowest BCUT2D eigenvalue weighted by Gasteiger charge is -2.27. The quantitative estimate of drug-likeness (QED) is 0.933. The Morgan fingerprint density at radius 1 is 1.25 bits per heavy atom. The molecule has 0 amide bonds. The van der Waals surface area contributed by atoms with E-state index >= 15 is 0 Å². The minimum Gasteiger partial charge on any atom is -0.439 e. The Kier molecular flexibility index (Phi) is 3.10. The predicted octanol–water partition coefficient (Wildman–Crippen LogP) is 3.26. The summed E-state index contributed by atoms with van der Waals surface area (Å²) in [5.41, 5.74) is 1.50. The minimum absolute atomic E-state index is 0.0809. The van der Waals surface area contributed by atoms with Crippen molar-refractivity contribution < 1.29 is 9.15 Å². The molecule has 20 heavy (non-hydrogen) atoms. The molecule has 0 bridgehead atoms. The van der Waals surface area contributed by atoms with Crippen LogP contribution in [0.1, 0.15) is 40.0 Å². The van der Waals surface area contributed by atoms with Gasteiger partial charge in [-0.1, -0.05) is 12.1 Å². The Bertz CT molecular complexity index is 583. The summed E-state index contributed by atoms with van der Waals surface area (Å²) in [6.07, 6.45) is 0.986. The van der Waals surface area contributed by atoms with Gasteiger partial charge in [-0.2, -0.15) is 0 Å². The average molecular weight is 274 g/mol. The molecule has 0 spiro atoms. The van der Waals surface area contributed by atoms with Crippen LogP contribution in [0.2, 0.25) is 0 Å². The molecule has 1 fully saturated rings. The molecule has 4 heteroatoms. The van der Waals surface area contributed by atoms with Crippen molar-refractivity contribution >= 4 is 11.1 Å². The van der Waals surface area contributed by atoms with Gasteiger partial charge in [0.1, 0.15) is 5.52 Å². The van der Waals surface area contributed by atoms with Crippen molar-refractivity contribution in [3.05, 3.63) is 30.2 Å². The van der Waals surface area contributed by atoms with Crippen molar-refractivity contribution in [1.82, 2.24) is 10.3 Å². The van der Waals surface area contributed by atoms with Crippen LogP contribution in [0.25, 0.3) is 11.1 Å². The van der Waals surface area contributed by atoms with Gasteiger partial charge < -0.3 is 14.5 Å². The standard InChI is InChI=1S/C16H22N2O2/c1-15(2)9-13(16(3,4)20-15)17-10-14-18-11-7-5-6-8-12(11)19-14/h5-8,13,17H,9-10H2,1-4H3/t13-/m0/s1. The van der Waals surface area contributed by atoms with Crippen molar-refractivity contribution in [2.24, 2.45) is 0 Å². The number of ether oxygens (including phenoxy) is 1. The lowest BCUT2D eigenvalue weighted by atomic mass is 9.94. The van der Waals surface area contributed by atoms with E-state index in [2.05, 4.69) is 38.0 Å². The number of nitrogens with one attached hydrogen (secondary N) is 1. The molecular weight excluding hydrogens is 252 g/mol. The number of oxazole rings is 1. The van der Waals surface area contributed by atoms with E-state index in [0.717, 1.165) is 23.4 Å². The lowest BCUT2D eigenvalue weighted by molar-refractivity contribution is -0.0699. The zero-order valence-electron chi connectivity index (χ0n) is 12.6. The fourth-order valence-electron chi connectivity index (χ4n) is 3.09. The van der Waals surface area contributed by atoms with Gasteiger partial charge in [0.2, 0.25) is 5.89 Å². The Labute approximate surface area is 119 Å². The highest BCUT2D eigenvalue weighted by atomic mass is 16.5. The summed E-state index contributed by atoms with van der Waals surface area (Å²) in [6, 6.07) is 8.14. The third-order valence-corrected chi connectivity index (χ3v) is 3.91. The van der Waals surface area contributed by atoms with Crippen LogP contribution in [-0.4, -0.2) is 22.2 Å². The second-order valence-electron chi connectivity index (χ2n) is 6.68. The van der Waals surface area contributed by atoms with E-state index in [1.165, 1.54) is 0 Å². The summed E-state index contributed by atoms with van der Waals surface area (Å²) in [4.78, 5) is 4.49. The van der Waals surface area contributed by atoms with Crippen molar-refractivity contribution in [3.8, 4) is 0 Å². The molecule has 1 atom stereocenters. The number of aromatic nitrogens is 1. The molecule has 0 saturated carbocycles. The first-order chi connectivity index (χ1) is 9.36. The normalized spacial score (nSPS) is 24.3. The molecule has 1 aromatic heterocycles. The first kappa shape index (κ1) is 13.6. The van der Waals surface area contributed by atoms with Crippen LogP contribution in [0.3, 0.4) is 0 Å². The summed E-state index contributed by atoms with van der Waals surface area (Å²) >= 11 is 0. The number of benzene rings is 1. The van der Waals surface area contributed by atoms with Crippen LogP contribution in [0.4, 0.5) is 0 Å². The Hall–Kier alpha value is -1.39. The number of hydrogen-bond acceptors (Lipinski definition) is 4. The number of para-hydroxylation sites is 2. The summed E-state index contributed by atoms with van der Waals surface area (Å²) in [7, 11) is 0. The predicted molar refractivity (Wildman–Crippen MR) is 78.5 cm³/mol. The zero-order chi connectivity index (χ0) is 14.4. The topological polar surface area (TPSA) is 47.3 Å².